The fourth-order valence-electron chi connectivity index (χ4n) is 1.60. The van der Waals surface area contributed by atoms with Crippen LogP contribution in [0.3, 0.4) is 0 Å². The van der Waals surface area contributed by atoms with Gasteiger partial charge in [0.15, 0.2) is 0 Å². The van der Waals surface area contributed by atoms with E-state index in [1.165, 1.54) is 12.8 Å². The molecule has 0 aliphatic carbocycles. The van der Waals surface area contributed by atoms with Crippen molar-refractivity contribution in [2.75, 3.05) is 0 Å². The number of ketones is 1. The van der Waals surface area contributed by atoms with Crippen molar-refractivity contribution in [1.82, 2.24) is 0 Å². The van der Waals surface area contributed by atoms with Gasteiger partial charge in [-0.2, -0.15) is 0 Å². The first kappa shape index (κ1) is 12.7. The fourth-order valence-corrected chi connectivity index (χ4v) is 1.60. The Labute approximate surface area is 82.9 Å². The lowest BCUT2D eigenvalue weighted by Gasteiger charge is -2.11. The molecule has 1 nitrogen and oxygen atoms in total. The van der Waals surface area contributed by atoms with Crippen LogP contribution < -0.4 is 0 Å². The first-order valence-corrected chi connectivity index (χ1v) is 5.61. The van der Waals surface area contributed by atoms with Gasteiger partial charge in [0.2, 0.25) is 0 Å². The second kappa shape index (κ2) is 7.11. The molecule has 0 spiro atoms. The van der Waals surface area contributed by atoms with Gasteiger partial charge >= 0.3 is 0 Å². The van der Waals surface area contributed by atoms with Crippen LogP contribution in [0, 0.1) is 11.8 Å². The van der Waals surface area contributed by atoms with Gasteiger partial charge in [-0.3, -0.25) is 4.79 Å². The minimum atomic E-state index is 0.454. The Bertz CT molecular complexity index is 140. The molecule has 0 fully saturated rings. The van der Waals surface area contributed by atoms with E-state index in [2.05, 4.69) is 27.7 Å². The predicted molar refractivity (Wildman–Crippen MR) is 57.8 cm³/mol. The van der Waals surface area contributed by atoms with Crippen LogP contribution in [-0.4, -0.2) is 5.78 Å². The summed E-state index contributed by atoms with van der Waals surface area (Å²) in [6.45, 7) is 8.66. The number of Topliss-reactive ketones (excluding diaryl/α,β-unsaturated/α-hetero) is 1. The summed E-state index contributed by atoms with van der Waals surface area (Å²) in [6.07, 6.45) is 5.07. The quantitative estimate of drug-likeness (QED) is 0.588. The van der Waals surface area contributed by atoms with E-state index >= 15 is 0 Å². The van der Waals surface area contributed by atoms with Crippen molar-refractivity contribution < 1.29 is 4.79 Å². The van der Waals surface area contributed by atoms with Crippen molar-refractivity contribution in [1.29, 1.82) is 0 Å². The van der Waals surface area contributed by atoms with E-state index in [1.807, 2.05) is 0 Å². The van der Waals surface area contributed by atoms with Crippen LogP contribution >= 0.6 is 0 Å². The molecule has 0 heterocycles. The Balaban J connectivity index is 3.61. The fraction of sp³-hybridized carbons (Fsp3) is 0.917. The Hall–Kier alpha value is -0.330. The molecule has 0 amide bonds. The zero-order chi connectivity index (χ0) is 10.3. The van der Waals surface area contributed by atoms with Crippen molar-refractivity contribution in [3.63, 3.8) is 0 Å². The van der Waals surface area contributed by atoms with Crippen LogP contribution in [0.2, 0.25) is 0 Å². The Morgan fingerprint density at radius 2 is 1.62 bits per heavy atom. The van der Waals surface area contributed by atoms with E-state index in [9.17, 15) is 4.79 Å². The van der Waals surface area contributed by atoms with Crippen LogP contribution in [0.25, 0.3) is 0 Å². The van der Waals surface area contributed by atoms with Gasteiger partial charge in [-0.1, -0.05) is 47.0 Å². The summed E-state index contributed by atoms with van der Waals surface area (Å²) in [5.41, 5.74) is 0. The molecule has 0 saturated heterocycles. The second-order valence-electron chi connectivity index (χ2n) is 4.35. The summed E-state index contributed by atoms with van der Waals surface area (Å²) in [4.78, 5) is 11.5. The van der Waals surface area contributed by atoms with Crippen molar-refractivity contribution >= 4 is 5.78 Å². The van der Waals surface area contributed by atoms with Gasteiger partial charge in [-0.05, 0) is 11.8 Å². The minimum Gasteiger partial charge on any atom is -0.300 e. The van der Waals surface area contributed by atoms with E-state index in [-0.39, 0.29) is 0 Å². The van der Waals surface area contributed by atoms with Crippen molar-refractivity contribution in [2.45, 2.75) is 59.8 Å². The minimum absolute atomic E-state index is 0.454. The van der Waals surface area contributed by atoms with Gasteiger partial charge in [-0.25, -0.2) is 0 Å². The highest BCUT2D eigenvalue weighted by Gasteiger charge is 2.10. The lowest BCUT2D eigenvalue weighted by atomic mass is 9.94. The maximum atomic E-state index is 11.5. The Morgan fingerprint density at radius 1 is 1.08 bits per heavy atom. The molecule has 2 atom stereocenters. The highest BCUT2D eigenvalue weighted by molar-refractivity contribution is 5.78. The number of carbonyl (C=O) groups is 1. The molecule has 0 bridgehead atoms. The number of carbonyl (C=O) groups excluding carboxylic acids is 1. The van der Waals surface area contributed by atoms with Gasteiger partial charge in [-0.15, -0.1) is 0 Å². The van der Waals surface area contributed by atoms with Crippen LogP contribution in [-0.2, 0) is 4.79 Å². The molecule has 1 heteroatoms. The largest absolute Gasteiger partial charge is 0.300 e. The second-order valence-corrected chi connectivity index (χ2v) is 4.35. The van der Waals surface area contributed by atoms with Gasteiger partial charge in [0, 0.05) is 12.8 Å². The van der Waals surface area contributed by atoms with Gasteiger partial charge in [0.25, 0.3) is 0 Å². The topological polar surface area (TPSA) is 17.1 Å². The molecule has 13 heavy (non-hydrogen) atoms. The predicted octanol–water partition coefficient (Wildman–Crippen LogP) is 3.82. The van der Waals surface area contributed by atoms with Gasteiger partial charge < -0.3 is 0 Å². The summed E-state index contributed by atoms with van der Waals surface area (Å²) in [5.74, 6) is 1.61. The van der Waals surface area contributed by atoms with E-state index in [0.29, 0.717) is 17.6 Å². The molecule has 0 aromatic rings. The summed E-state index contributed by atoms with van der Waals surface area (Å²) < 4.78 is 0. The highest BCUT2D eigenvalue weighted by Crippen LogP contribution is 2.15. The number of hydrogen-bond donors (Lipinski definition) is 0. The third kappa shape index (κ3) is 6.80. The third-order valence-electron chi connectivity index (χ3n) is 2.63. The van der Waals surface area contributed by atoms with Crippen molar-refractivity contribution in [2.24, 2.45) is 11.8 Å². The molecule has 0 saturated carbocycles. The summed E-state index contributed by atoms with van der Waals surface area (Å²) >= 11 is 0. The van der Waals surface area contributed by atoms with Crippen LogP contribution in [0.15, 0.2) is 0 Å². The number of hydrogen-bond acceptors (Lipinski definition) is 1. The smallest absolute Gasteiger partial charge is 0.133 e. The van der Waals surface area contributed by atoms with Crippen molar-refractivity contribution in [3.8, 4) is 0 Å². The van der Waals surface area contributed by atoms with E-state index < -0.39 is 0 Å². The molecule has 0 rings (SSSR count). The molecule has 2 unspecified atom stereocenters. The molecule has 0 aliphatic heterocycles. The standard InChI is InChI=1S/C12H24O/c1-5-7-11(4)9-12(13)8-10(3)6-2/h10-11H,5-9H2,1-4H3. The maximum absolute atomic E-state index is 11.5. The van der Waals surface area contributed by atoms with Gasteiger partial charge in [0.05, 0.1) is 0 Å². The monoisotopic (exact) mass is 184 g/mol. The van der Waals surface area contributed by atoms with Crippen molar-refractivity contribution in [3.05, 3.63) is 0 Å². The first-order chi connectivity index (χ1) is 6.10. The van der Waals surface area contributed by atoms with Gasteiger partial charge in [0.1, 0.15) is 5.78 Å². The molecule has 0 aromatic heterocycles. The molecule has 0 radical (unpaired) electrons. The lowest BCUT2D eigenvalue weighted by molar-refractivity contribution is -0.120. The normalized spacial score (nSPS) is 15.4. The average molecular weight is 184 g/mol. The average Bonchev–Trinajstić information content (AvgIpc) is 2.04. The van der Waals surface area contributed by atoms with Crippen LogP contribution in [0.4, 0.5) is 0 Å². The van der Waals surface area contributed by atoms with E-state index in [0.717, 1.165) is 19.3 Å². The number of rotatable bonds is 7. The van der Waals surface area contributed by atoms with E-state index in [1.54, 1.807) is 0 Å². The SMILES string of the molecule is CCCC(C)CC(=O)CC(C)CC. The van der Waals surface area contributed by atoms with Crippen LogP contribution in [0.1, 0.15) is 59.8 Å². The maximum Gasteiger partial charge on any atom is 0.133 e. The Kier molecular flexibility index (Phi) is 6.93. The zero-order valence-electron chi connectivity index (χ0n) is 9.60. The third-order valence-corrected chi connectivity index (χ3v) is 2.63. The molecular weight excluding hydrogens is 160 g/mol. The van der Waals surface area contributed by atoms with E-state index in [4.69, 9.17) is 0 Å². The first-order valence-electron chi connectivity index (χ1n) is 5.61. The molecular formula is C12H24O. The molecule has 78 valence electrons. The Morgan fingerprint density at radius 3 is 2.08 bits per heavy atom. The van der Waals surface area contributed by atoms with Crippen LogP contribution in [0.5, 0.6) is 0 Å². The summed E-state index contributed by atoms with van der Waals surface area (Å²) in [6, 6.07) is 0. The molecule has 0 aromatic carbocycles. The zero-order valence-corrected chi connectivity index (χ0v) is 9.60. The summed E-state index contributed by atoms with van der Waals surface area (Å²) in [7, 11) is 0. The lowest BCUT2D eigenvalue weighted by Crippen LogP contribution is -2.09. The molecule has 0 N–H and O–H groups in total. The molecule has 0 aliphatic rings. The summed E-state index contributed by atoms with van der Waals surface area (Å²) in [5, 5.41) is 0. The highest BCUT2D eigenvalue weighted by atomic mass is 16.1.